The third kappa shape index (κ3) is 3.87. The lowest BCUT2D eigenvalue weighted by Gasteiger charge is -2.22. The highest BCUT2D eigenvalue weighted by molar-refractivity contribution is 6.33. The van der Waals surface area contributed by atoms with Gasteiger partial charge < -0.3 is 10.6 Å². The van der Waals surface area contributed by atoms with Crippen molar-refractivity contribution in [2.24, 2.45) is 0 Å². The smallest absolute Gasteiger partial charge is 0.241 e. The van der Waals surface area contributed by atoms with Crippen LogP contribution in [0.25, 0.3) is 0 Å². The fourth-order valence-corrected chi connectivity index (χ4v) is 2.20. The van der Waals surface area contributed by atoms with Gasteiger partial charge in [-0.15, -0.1) is 12.4 Å². The average molecular weight is 289 g/mol. The van der Waals surface area contributed by atoms with Crippen molar-refractivity contribution < 1.29 is 4.79 Å². The SMILES string of the molecule is Cc1ccc(Cl)c(NC(=O)[C@H]2CCCCN2)c1.Cl. The first kappa shape index (κ1) is 15.3. The molecule has 0 unspecified atom stereocenters. The molecule has 5 heteroatoms. The molecule has 1 amide bonds. The second-order valence-electron chi connectivity index (χ2n) is 4.48. The molecule has 1 aliphatic rings. The normalized spacial score (nSPS) is 18.9. The zero-order valence-electron chi connectivity index (χ0n) is 10.3. The predicted molar refractivity (Wildman–Crippen MR) is 77.7 cm³/mol. The lowest BCUT2D eigenvalue weighted by Crippen LogP contribution is -2.43. The first-order valence-electron chi connectivity index (χ1n) is 5.97. The Hall–Kier alpha value is -0.770. The van der Waals surface area contributed by atoms with Gasteiger partial charge in [-0.3, -0.25) is 4.79 Å². The minimum atomic E-state index is -0.0830. The van der Waals surface area contributed by atoms with Gasteiger partial charge >= 0.3 is 0 Å². The van der Waals surface area contributed by atoms with E-state index in [0.717, 1.165) is 31.4 Å². The van der Waals surface area contributed by atoms with Gasteiger partial charge in [0, 0.05) is 0 Å². The maximum absolute atomic E-state index is 12.0. The van der Waals surface area contributed by atoms with Crippen molar-refractivity contribution in [1.82, 2.24) is 5.32 Å². The number of carbonyl (C=O) groups is 1. The summed E-state index contributed by atoms with van der Waals surface area (Å²) in [4.78, 5) is 12.0. The molecule has 3 nitrogen and oxygen atoms in total. The standard InChI is InChI=1S/C13H17ClN2O.ClH/c1-9-5-6-10(14)12(8-9)16-13(17)11-4-2-3-7-15-11;/h5-6,8,11,15H,2-4,7H2,1H3,(H,16,17);1H/t11-;/m1./s1. The molecular weight excluding hydrogens is 271 g/mol. The van der Waals surface area contributed by atoms with Crippen molar-refractivity contribution in [3.63, 3.8) is 0 Å². The van der Waals surface area contributed by atoms with E-state index in [4.69, 9.17) is 11.6 Å². The molecule has 1 atom stereocenters. The van der Waals surface area contributed by atoms with Crippen LogP contribution in [0.3, 0.4) is 0 Å². The van der Waals surface area contributed by atoms with Crippen LogP contribution in [0.15, 0.2) is 18.2 Å². The van der Waals surface area contributed by atoms with Crippen molar-refractivity contribution in [2.45, 2.75) is 32.2 Å². The molecule has 2 N–H and O–H groups in total. The molecule has 100 valence electrons. The molecule has 1 saturated heterocycles. The van der Waals surface area contributed by atoms with E-state index in [9.17, 15) is 4.79 Å². The van der Waals surface area contributed by atoms with Crippen molar-refractivity contribution in [1.29, 1.82) is 0 Å². The molecule has 1 aliphatic heterocycles. The van der Waals surface area contributed by atoms with E-state index in [0.29, 0.717) is 10.7 Å². The number of carbonyl (C=O) groups excluding carboxylic acids is 1. The quantitative estimate of drug-likeness (QED) is 0.878. The molecule has 0 radical (unpaired) electrons. The summed E-state index contributed by atoms with van der Waals surface area (Å²) in [5, 5.41) is 6.69. The van der Waals surface area contributed by atoms with Crippen LogP contribution in [-0.4, -0.2) is 18.5 Å². The topological polar surface area (TPSA) is 41.1 Å². The van der Waals surface area contributed by atoms with Gasteiger partial charge in [-0.1, -0.05) is 24.1 Å². The van der Waals surface area contributed by atoms with Crippen LogP contribution >= 0.6 is 24.0 Å². The molecule has 0 saturated carbocycles. The van der Waals surface area contributed by atoms with Gasteiger partial charge in [-0.2, -0.15) is 0 Å². The number of piperidine rings is 1. The Kier molecular flexibility index (Phi) is 5.93. The maximum Gasteiger partial charge on any atom is 0.241 e. The molecule has 0 aliphatic carbocycles. The first-order valence-corrected chi connectivity index (χ1v) is 6.35. The summed E-state index contributed by atoms with van der Waals surface area (Å²) in [6.45, 7) is 2.89. The van der Waals surface area contributed by atoms with Gasteiger partial charge in [0.2, 0.25) is 5.91 Å². The number of hydrogen-bond acceptors (Lipinski definition) is 2. The number of benzene rings is 1. The summed E-state index contributed by atoms with van der Waals surface area (Å²) in [6, 6.07) is 5.54. The predicted octanol–water partition coefficient (Wildman–Crippen LogP) is 3.15. The van der Waals surface area contributed by atoms with Gasteiger partial charge in [0.15, 0.2) is 0 Å². The Bertz CT molecular complexity index is 417. The molecule has 1 fully saturated rings. The van der Waals surface area contributed by atoms with E-state index < -0.39 is 0 Å². The van der Waals surface area contributed by atoms with E-state index in [-0.39, 0.29) is 24.4 Å². The Morgan fingerprint density at radius 2 is 2.22 bits per heavy atom. The molecule has 1 heterocycles. The van der Waals surface area contributed by atoms with Crippen molar-refractivity contribution >= 4 is 35.6 Å². The number of rotatable bonds is 2. The minimum Gasteiger partial charge on any atom is -0.323 e. The average Bonchev–Trinajstić information content (AvgIpc) is 2.35. The monoisotopic (exact) mass is 288 g/mol. The number of aryl methyl sites for hydroxylation is 1. The van der Waals surface area contributed by atoms with Crippen LogP contribution in [0.5, 0.6) is 0 Å². The molecule has 2 rings (SSSR count). The fourth-order valence-electron chi connectivity index (χ4n) is 2.03. The molecule has 0 spiro atoms. The molecule has 1 aromatic carbocycles. The van der Waals surface area contributed by atoms with Gasteiger partial charge in [0.25, 0.3) is 0 Å². The van der Waals surface area contributed by atoms with E-state index in [1.807, 2.05) is 19.1 Å². The van der Waals surface area contributed by atoms with Crippen molar-refractivity contribution in [3.8, 4) is 0 Å². The van der Waals surface area contributed by atoms with E-state index in [1.165, 1.54) is 0 Å². The van der Waals surface area contributed by atoms with Crippen LogP contribution < -0.4 is 10.6 Å². The summed E-state index contributed by atoms with van der Waals surface area (Å²) >= 11 is 6.04. The Labute approximate surface area is 119 Å². The lowest BCUT2D eigenvalue weighted by atomic mass is 10.0. The Morgan fingerprint density at radius 1 is 1.44 bits per heavy atom. The summed E-state index contributed by atoms with van der Waals surface area (Å²) in [5.74, 6) is 0.0113. The zero-order valence-corrected chi connectivity index (χ0v) is 11.9. The van der Waals surface area contributed by atoms with Gasteiger partial charge in [0.05, 0.1) is 16.8 Å². The highest BCUT2D eigenvalue weighted by Crippen LogP contribution is 2.23. The van der Waals surface area contributed by atoms with Crippen LogP contribution in [0.1, 0.15) is 24.8 Å². The summed E-state index contributed by atoms with van der Waals surface area (Å²) in [5.41, 5.74) is 1.78. The van der Waals surface area contributed by atoms with Crippen LogP contribution in [0.4, 0.5) is 5.69 Å². The number of hydrogen-bond donors (Lipinski definition) is 2. The number of anilines is 1. The third-order valence-corrected chi connectivity index (χ3v) is 3.34. The Morgan fingerprint density at radius 3 is 2.89 bits per heavy atom. The lowest BCUT2D eigenvalue weighted by molar-refractivity contribution is -0.118. The summed E-state index contributed by atoms with van der Waals surface area (Å²) in [6.07, 6.45) is 3.15. The summed E-state index contributed by atoms with van der Waals surface area (Å²) < 4.78 is 0. The first-order chi connectivity index (χ1) is 8.16. The van der Waals surface area contributed by atoms with E-state index in [2.05, 4.69) is 10.6 Å². The zero-order chi connectivity index (χ0) is 12.3. The second-order valence-corrected chi connectivity index (χ2v) is 4.88. The summed E-state index contributed by atoms with van der Waals surface area (Å²) in [7, 11) is 0. The number of halogens is 2. The van der Waals surface area contributed by atoms with Crippen LogP contribution in [-0.2, 0) is 4.79 Å². The van der Waals surface area contributed by atoms with E-state index in [1.54, 1.807) is 6.07 Å². The fraction of sp³-hybridized carbons (Fsp3) is 0.462. The third-order valence-electron chi connectivity index (χ3n) is 3.01. The maximum atomic E-state index is 12.0. The minimum absolute atomic E-state index is 0. The highest BCUT2D eigenvalue weighted by Gasteiger charge is 2.20. The largest absolute Gasteiger partial charge is 0.323 e. The van der Waals surface area contributed by atoms with Crippen molar-refractivity contribution in [2.75, 3.05) is 11.9 Å². The molecular formula is C13H18Cl2N2O. The van der Waals surface area contributed by atoms with Crippen LogP contribution in [0, 0.1) is 6.92 Å². The van der Waals surface area contributed by atoms with Gasteiger partial charge in [-0.05, 0) is 44.0 Å². The van der Waals surface area contributed by atoms with Gasteiger partial charge in [-0.25, -0.2) is 0 Å². The second kappa shape index (κ2) is 6.98. The highest BCUT2D eigenvalue weighted by atomic mass is 35.5. The molecule has 0 bridgehead atoms. The Balaban J connectivity index is 0.00000162. The van der Waals surface area contributed by atoms with E-state index >= 15 is 0 Å². The number of nitrogens with one attached hydrogen (secondary N) is 2. The molecule has 0 aromatic heterocycles. The van der Waals surface area contributed by atoms with Crippen molar-refractivity contribution in [3.05, 3.63) is 28.8 Å². The molecule has 1 aromatic rings. The van der Waals surface area contributed by atoms with Crippen LogP contribution in [0.2, 0.25) is 5.02 Å². The number of amides is 1. The molecule has 18 heavy (non-hydrogen) atoms. The van der Waals surface area contributed by atoms with Gasteiger partial charge in [0.1, 0.15) is 0 Å².